The number of aryl methyl sites for hydroxylation is 1. The maximum absolute atomic E-state index is 13.8. The number of H-pyrrole nitrogens is 1. The number of hydrogen-bond donors (Lipinski definition) is 1. The van der Waals surface area contributed by atoms with E-state index in [0.717, 1.165) is 22.3 Å². The number of rotatable bonds is 22. The van der Waals surface area contributed by atoms with Crippen molar-refractivity contribution in [1.29, 1.82) is 0 Å². The highest BCUT2D eigenvalue weighted by molar-refractivity contribution is 7.89. The fourth-order valence-corrected chi connectivity index (χ4v) is 9.23. The lowest BCUT2D eigenvalue weighted by Crippen LogP contribution is -2.30. The second-order valence-electron chi connectivity index (χ2n) is 15.1. The van der Waals surface area contributed by atoms with E-state index < -0.39 is 20.0 Å². The van der Waals surface area contributed by atoms with Crippen molar-refractivity contribution in [2.75, 3.05) is 28.4 Å². The van der Waals surface area contributed by atoms with E-state index in [1.165, 1.54) is 46.2 Å². The largest absolute Gasteiger partial charge is 0.497 e. The molecule has 0 fully saturated rings. The average molecular weight is 943 g/mol. The number of carbonyl (C=O) groups is 3. The number of nitrogens with zero attached hydrogens (tertiary/aromatic N) is 5. The Bertz CT molecular complexity index is 2690. The van der Waals surface area contributed by atoms with Gasteiger partial charge in [0.15, 0.2) is 21.6 Å². The van der Waals surface area contributed by atoms with Crippen LogP contribution in [0.15, 0.2) is 119 Å². The number of Topliss-reactive ketones (excluding diaryl/α,β-unsaturated/α-hetero) is 3. The third-order valence-corrected chi connectivity index (χ3v) is 13.6. The molecule has 4 aromatic carbocycles. The maximum atomic E-state index is 13.8. The van der Waals surface area contributed by atoms with Crippen molar-refractivity contribution < 1.29 is 50.2 Å². The van der Waals surface area contributed by atoms with Gasteiger partial charge in [0.2, 0.25) is 0 Å². The van der Waals surface area contributed by atoms with Gasteiger partial charge in [0.05, 0.1) is 28.4 Å². The number of sulfonamides is 2. The lowest BCUT2D eigenvalue weighted by molar-refractivity contribution is -0.117. The van der Waals surface area contributed by atoms with Crippen LogP contribution in [0, 0.1) is 0 Å². The number of benzene rings is 4. The molecule has 66 heavy (non-hydrogen) atoms. The molecule has 0 aliphatic rings. The number of methoxy groups -OCH3 is 4. The molecule has 0 saturated carbocycles. The van der Waals surface area contributed by atoms with E-state index in [2.05, 4.69) is 15.3 Å². The summed E-state index contributed by atoms with van der Waals surface area (Å²) in [6.45, 7) is 4.89. The van der Waals surface area contributed by atoms with E-state index in [1.807, 2.05) is 24.3 Å². The zero-order chi connectivity index (χ0) is 48.0. The van der Waals surface area contributed by atoms with Gasteiger partial charge in [-0.15, -0.1) is 0 Å². The van der Waals surface area contributed by atoms with Crippen LogP contribution in [-0.4, -0.2) is 91.2 Å². The highest BCUT2D eigenvalue weighted by Crippen LogP contribution is 2.26. The number of ether oxygens (including phenoxy) is 4. The van der Waals surface area contributed by atoms with Crippen LogP contribution >= 0.6 is 0 Å². The molecule has 0 aliphatic carbocycles. The lowest BCUT2D eigenvalue weighted by Gasteiger charge is -2.22. The van der Waals surface area contributed by atoms with Gasteiger partial charge in [-0.25, -0.2) is 16.8 Å². The Morgan fingerprint density at radius 3 is 1.26 bits per heavy atom. The maximum Gasteiger partial charge on any atom is 0.263 e. The molecule has 0 radical (unpaired) electrons. The van der Waals surface area contributed by atoms with E-state index in [1.54, 1.807) is 101 Å². The van der Waals surface area contributed by atoms with Gasteiger partial charge >= 0.3 is 0 Å². The Morgan fingerprint density at radius 1 is 0.561 bits per heavy atom. The van der Waals surface area contributed by atoms with Crippen molar-refractivity contribution in [3.63, 3.8) is 0 Å². The van der Waals surface area contributed by atoms with Crippen molar-refractivity contribution in [1.82, 2.24) is 28.6 Å². The molecule has 0 saturated heterocycles. The van der Waals surface area contributed by atoms with Crippen LogP contribution in [0.25, 0.3) is 0 Å². The second kappa shape index (κ2) is 23.0. The summed E-state index contributed by atoms with van der Waals surface area (Å²) in [5, 5.41) is 10.2. The quantitative estimate of drug-likeness (QED) is 0.0689. The number of ketones is 3. The van der Waals surface area contributed by atoms with Crippen LogP contribution in [0.3, 0.4) is 0 Å². The molecule has 0 atom stereocenters. The van der Waals surface area contributed by atoms with Gasteiger partial charge < -0.3 is 23.7 Å². The minimum atomic E-state index is -4.09. The normalized spacial score (nSPS) is 11.5. The molecule has 17 nitrogen and oxygen atoms in total. The van der Waals surface area contributed by atoms with E-state index in [9.17, 15) is 31.2 Å². The number of hydrogen-bond acceptors (Lipinski definition) is 13. The van der Waals surface area contributed by atoms with Crippen molar-refractivity contribution >= 4 is 37.4 Å². The molecule has 2 aromatic heterocycles. The minimum absolute atomic E-state index is 0.0181. The molecule has 19 heteroatoms. The third-order valence-electron chi connectivity index (χ3n) is 10.2. The van der Waals surface area contributed by atoms with E-state index in [0.29, 0.717) is 35.8 Å². The van der Waals surface area contributed by atoms with E-state index >= 15 is 0 Å². The van der Waals surface area contributed by atoms with Crippen molar-refractivity contribution in [3.8, 4) is 23.0 Å². The summed E-state index contributed by atoms with van der Waals surface area (Å²) in [6, 6.07) is 31.2. The summed E-state index contributed by atoms with van der Waals surface area (Å²) in [7, 11) is -1.76. The first-order valence-electron chi connectivity index (χ1n) is 20.6. The molecular weight excluding hydrogens is 889 g/mol. The summed E-state index contributed by atoms with van der Waals surface area (Å²) in [4.78, 5) is 35.1. The van der Waals surface area contributed by atoms with Gasteiger partial charge in [0, 0.05) is 65.1 Å². The summed E-state index contributed by atoms with van der Waals surface area (Å²) in [5.74, 6) is 2.10. The molecule has 350 valence electrons. The Hall–Kier alpha value is -6.67. The number of carbonyl (C=O) groups excluding carboxylic acids is 3. The van der Waals surface area contributed by atoms with Crippen LogP contribution in [0.1, 0.15) is 76.8 Å². The Labute approximate surface area is 385 Å². The molecule has 6 rings (SSSR count). The van der Waals surface area contributed by atoms with Gasteiger partial charge in [-0.3, -0.25) is 19.4 Å². The smallest absolute Gasteiger partial charge is 0.263 e. The fourth-order valence-electron chi connectivity index (χ4n) is 6.53. The first-order valence-corrected chi connectivity index (χ1v) is 23.5. The molecular formula is C47H54N6O11S2. The first-order chi connectivity index (χ1) is 31.5. The minimum Gasteiger partial charge on any atom is -0.497 e. The van der Waals surface area contributed by atoms with E-state index in [-0.39, 0.29) is 71.5 Å². The summed E-state index contributed by atoms with van der Waals surface area (Å²) < 4.78 is 79.0. The van der Waals surface area contributed by atoms with Gasteiger partial charge in [-0.1, -0.05) is 48.5 Å². The van der Waals surface area contributed by atoms with Crippen LogP contribution in [0.2, 0.25) is 0 Å². The van der Waals surface area contributed by atoms with Gasteiger partial charge in [0.25, 0.3) is 20.0 Å². The molecule has 0 amide bonds. The molecule has 0 spiro atoms. The van der Waals surface area contributed by atoms with Crippen LogP contribution < -0.4 is 18.9 Å². The Kier molecular flexibility index (Phi) is 17.5. The van der Waals surface area contributed by atoms with Crippen LogP contribution in [0.4, 0.5) is 0 Å². The third kappa shape index (κ3) is 13.4. The first kappa shape index (κ1) is 50.3. The standard InChI is InChI=1S/C26H31N3O6S.C21H23N3O5S/c1-19(30)6-5-15-29-25(20(2)31)16-26(27-29)36(32,33)28(17-21-7-11-23(34-3)12-8-21)18-22-9-13-24(35-4)14-10-22;1-15(25)20-12-21(23-22-20)30(26,27)24(13-16-4-8-18(28-2)9-5-16)14-17-6-10-19(29-3)11-7-17/h7-14,16H,5-6,15,17-18H2,1-4H3;4-12H,13-14H2,1-3H3,(H,22,23). The lowest BCUT2D eigenvalue weighted by atomic mass is 10.2. The predicted molar refractivity (Wildman–Crippen MR) is 246 cm³/mol. The summed E-state index contributed by atoms with van der Waals surface area (Å²) >= 11 is 0. The summed E-state index contributed by atoms with van der Waals surface area (Å²) in [6.07, 6.45) is 0.776. The zero-order valence-corrected chi connectivity index (χ0v) is 39.5. The van der Waals surface area contributed by atoms with Crippen LogP contribution in [-0.2, 0) is 57.6 Å². The molecule has 0 aliphatic heterocycles. The molecule has 6 aromatic rings. The predicted octanol–water partition coefficient (Wildman–Crippen LogP) is 6.88. The monoisotopic (exact) mass is 942 g/mol. The van der Waals surface area contributed by atoms with Crippen molar-refractivity contribution in [3.05, 3.63) is 143 Å². The van der Waals surface area contributed by atoms with Gasteiger partial charge in [-0.2, -0.15) is 18.8 Å². The summed E-state index contributed by atoms with van der Waals surface area (Å²) in [5.41, 5.74) is 3.37. The molecule has 2 heterocycles. The van der Waals surface area contributed by atoms with Crippen LogP contribution in [0.5, 0.6) is 23.0 Å². The molecule has 1 N–H and O–H groups in total. The number of nitrogens with one attached hydrogen (secondary N) is 1. The van der Waals surface area contributed by atoms with Gasteiger partial charge in [0.1, 0.15) is 40.2 Å². The second-order valence-corrected chi connectivity index (χ2v) is 18.9. The average Bonchev–Trinajstić information content (AvgIpc) is 4.00. The fraction of sp³-hybridized carbons (Fsp3) is 0.298. The van der Waals surface area contributed by atoms with Gasteiger partial charge in [-0.05, 0) is 84.1 Å². The highest BCUT2D eigenvalue weighted by atomic mass is 32.2. The molecule has 0 bridgehead atoms. The Morgan fingerprint density at radius 2 is 0.939 bits per heavy atom. The Balaban J connectivity index is 0.000000251. The number of aromatic nitrogens is 4. The highest BCUT2D eigenvalue weighted by Gasteiger charge is 2.30. The zero-order valence-electron chi connectivity index (χ0n) is 37.9. The van der Waals surface area contributed by atoms with E-state index in [4.69, 9.17) is 18.9 Å². The van der Waals surface area contributed by atoms with Crippen molar-refractivity contribution in [2.24, 2.45) is 0 Å². The molecule has 0 unspecified atom stereocenters. The van der Waals surface area contributed by atoms with Crippen molar-refractivity contribution in [2.45, 2.75) is 76.4 Å². The topological polar surface area (TPSA) is 209 Å². The number of aromatic amines is 1. The SMILES string of the molecule is COc1ccc(CN(Cc2ccc(OC)cc2)S(=O)(=O)c2cc(C(C)=O)n(CCCC(C)=O)n2)cc1.COc1ccc(CN(Cc2ccc(OC)cc2)S(=O)(=O)c2cc(C(C)=O)n[nH]2)cc1.